The molecule has 1 heterocycles. The van der Waals surface area contributed by atoms with Crippen LogP contribution in [0.3, 0.4) is 0 Å². The molecule has 8 nitrogen and oxygen atoms in total. The van der Waals surface area contributed by atoms with Gasteiger partial charge >= 0.3 is 5.97 Å². The lowest BCUT2D eigenvalue weighted by molar-refractivity contribution is -0.384. The molecule has 0 radical (unpaired) electrons. The highest BCUT2D eigenvalue weighted by Crippen LogP contribution is 2.32. The van der Waals surface area contributed by atoms with Crippen LogP contribution in [0.2, 0.25) is 0 Å². The molecule has 0 saturated carbocycles. The van der Waals surface area contributed by atoms with Crippen LogP contribution in [0.25, 0.3) is 0 Å². The van der Waals surface area contributed by atoms with Crippen LogP contribution in [0.1, 0.15) is 48.2 Å². The Morgan fingerprint density at radius 2 is 1.94 bits per heavy atom. The van der Waals surface area contributed by atoms with Crippen molar-refractivity contribution in [3.63, 3.8) is 0 Å². The lowest BCUT2D eigenvalue weighted by Gasteiger charge is -2.31. The van der Waals surface area contributed by atoms with Crippen LogP contribution >= 0.6 is 0 Å². The number of ether oxygens (including phenoxy) is 1. The van der Waals surface area contributed by atoms with Gasteiger partial charge in [0.15, 0.2) is 6.61 Å². The first kappa shape index (κ1) is 23.2. The zero-order valence-electron chi connectivity index (χ0n) is 18.7. The van der Waals surface area contributed by atoms with Crippen LogP contribution < -0.4 is 10.2 Å². The van der Waals surface area contributed by atoms with Gasteiger partial charge in [-0.05, 0) is 55.4 Å². The van der Waals surface area contributed by atoms with Crippen molar-refractivity contribution < 1.29 is 19.2 Å². The van der Waals surface area contributed by atoms with Crippen molar-refractivity contribution >= 4 is 28.9 Å². The van der Waals surface area contributed by atoms with Crippen molar-refractivity contribution in [2.45, 2.75) is 40.0 Å². The number of amides is 1. The fourth-order valence-corrected chi connectivity index (χ4v) is 3.91. The molecular weight excluding hydrogens is 410 g/mol. The van der Waals surface area contributed by atoms with Crippen molar-refractivity contribution in [1.82, 2.24) is 0 Å². The van der Waals surface area contributed by atoms with Crippen molar-refractivity contribution in [1.29, 1.82) is 0 Å². The highest BCUT2D eigenvalue weighted by Gasteiger charge is 2.25. The maximum atomic E-state index is 12.5. The minimum absolute atomic E-state index is 0.0452. The predicted octanol–water partition coefficient (Wildman–Crippen LogP) is 4.50. The molecule has 2 aromatic rings. The molecule has 1 N–H and O–H groups in total. The van der Waals surface area contributed by atoms with E-state index in [0.717, 1.165) is 43.5 Å². The van der Waals surface area contributed by atoms with Gasteiger partial charge in [-0.15, -0.1) is 0 Å². The number of rotatable bonds is 7. The molecule has 1 aliphatic heterocycles. The zero-order valence-corrected chi connectivity index (χ0v) is 18.7. The molecule has 0 bridgehead atoms. The van der Waals surface area contributed by atoms with Gasteiger partial charge in [0.05, 0.1) is 10.5 Å². The number of benzene rings is 2. The molecule has 0 aromatic heterocycles. The first-order valence-electron chi connectivity index (χ1n) is 10.9. The van der Waals surface area contributed by atoms with E-state index in [1.165, 1.54) is 12.1 Å². The Labute approximate surface area is 187 Å². The van der Waals surface area contributed by atoms with Crippen molar-refractivity contribution in [3.8, 4) is 0 Å². The Hall–Kier alpha value is -3.42. The highest BCUT2D eigenvalue weighted by atomic mass is 16.6. The van der Waals surface area contributed by atoms with Crippen molar-refractivity contribution in [2.75, 3.05) is 29.9 Å². The third-order valence-electron chi connectivity index (χ3n) is 5.87. The average Bonchev–Trinajstić information content (AvgIpc) is 2.79. The summed E-state index contributed by atoms with van der Waals surface area (Å²) in [5.74, 6) is -0.641. The van der Waals surface area contributed by atoms with Gasteiger partial charge in [-0.3, -0.25) is 14.9 Å². The van der Waals surface area contributed by atoms with Gasteiger partial charge in [0.1, 0.15) is 5.69 Å². The Balaban J connectivity index is 1.67. The minimum atomic E-state index is -0.775. The summed E-state index contributed by atoms with van der Waals surface area (Å²) in [6.07, 6.45) is 2.69. The molecule has 1 aliphatic rings. The normalized spacial score (nSPS) is 14.2. The quantitative estimate of drug-likeness (QED) is 0.387. The predicted molar refractivity (Wildman–Crippen MR) is 123 cm³/mol. The Morgan fingerprint density at radius 1 is 1.22 bits per heavy atom. The summed E-state index contributed by atoms with van der Waals surface area (Å²) in [6.45, 7) is 7.06. The van der Waals surface area contributed by atoms with Crippen molar-refractivity contribution in [3.05, 3.63) is 63.2 Å². The van der Waals surface area contributed by atoms with Crippen LogP contribution in [0.4, 0.5) is 17.1 Å². The zero-order chi connectivity index (χ0) is 23.3. The number of para-hydroxylation sites is 1. The fourth-order valence-electron chi connectivity index (χ4n) is 3.91. The maximum absolute atomic E-state index is 12.5. The molecule has 3 rings (SSSR count). The number of nitrogens with one attached hydrogen (secondary N) is 1. The number of nitro groups is 1. The van der Waals surface area contributed by atoms with E-state index in [2.05, 4.69) is 12.2 Å². The third-order valence-corrected chi connectivity index (χ3v) is 5.87. The number of anilines is 2. The second kappa shape index (κ2) is 10.3. The van der Waals surface area contributed by atoms with E-state index in [1.807, 2.05) is 36.9 Å². The summed E-state index contributed by atoms with van der Waals surface area (Å²) in [5, 5.41) is 14.4. The van der Waals surface area contributed by atoms with Gasteiger partial charge in [0.2, 0.25) is 0 Å². The summed E-state index contributed by atoms with van der Waals surface area (Å²) in [6, 6.07) is 10.1. The Bertz CT molecular complexity index is 1010. The average molecular weight is 440 g/mol. The number of nitrogens with zero attached hydrogens (tertiary/aromatic N) is 2. The molecule has 0 spiro atoms. The topological polar surface area (TPSA) is 102 Å². The lowest BCUT2D eigenvalue weighted by Crippen LogP contribution is -2.33. The number of carbonyl (C=O) groups is 2. The van der Waals surface area contributed by atoms with E-state index in [4.69, 9.17) is 4.74 Å². The van der Waals surface area contributed by atoms with E-state index < -0.39 is 23.4 Å². The largest absolute Gasteiger partial charge is 0.452 e. The molecule has 170 valence electrons. The lowest BCUT2D eigenvalue weighted by atomic mass is 9.98. The molecule has 8 heteroatoms. The fraction of sp³-hybridized carbons (Fsp3) is 0.417. The third kappa shape index (κ3) is 5.43. The summed E-state index contributed by atoms with van der Waals surface area (Å²) >= 11 is 0. The van der Waals surface area contributed by atoms with Gasteiger partial charge in [-0.1, -0.05) is 32.0 Å². The number of hydrogen-bond donors (Lipinski definition) is 1. The molecular formula is C24H29N3O5. The number of hydrogen-bond acceptors (Lipinski definition) is 6. The molecule has 0 unspecified atom stereocenters. The Kier molecular flexibility index (Phi) is 7.45. The summed E-state index contributed by atoms with van der Waals surface area (Å²) < 4.78 is 5.12. The van der Waals surface area contributed by atoms with Gasteiger partial charge in [0.25, 0.3) is 11.6 Å². The SMILES string of the molecule is CCc1cccc(C)c1NC(=O)COC(=O)c1ccc(N2CCC(C)CC2)c([N+](=O)[O-])c1. The van der Waals surface area contributed by atoms with Crippen LogP contribution in [0, 0.1) is 23.0 Å². The van der Waals surface area contributed by atoms with E-state index in [-0.39, 0.29) is 11.3 Å². The van der Waals surface area contributed by atoms with Crippen LogP contribution in [0.15, 0.2) is 36.4 Å². The standard InChI is InChI=1S/C24H29N3O5/c1-4-18-7-5-6-17(3)23(18)25-22(28)15-32-24(29)19-8-9-20(21(14-19)27(30)31)26-12-10-16(2)11-13-26/h5-9,14,16H,4,10-13,15H2,1-3H3,(H,25,28). The first-order valence-corrected chi connectivity index (χ1v) is 10.9. The highest BCUT2D eigenvalue weighted by molar-refractivity contribution is 5.97. The van der Waals surface area contributed by atoms with Crippen LogP contribution in [0.5, 0.6) is 0 Å². The summed E-state index contributed by atoms with van der Waals surface area (Å²) in [5.41, 5.74) is 3.04. The van der Waals surface area contributed by atoms with Gasteiger partial charge in [-0.2, -0.15) is 0 Å². The van der Waals surface area contributed by atoms with Crippen molar-refractivity contribution in [2.24, 2.45) is 5.92 Å². The summed E-state index contributed by atoms with van der Waals surface area (Å²) in [7, 11) is 0. The molecule has 0 aliphatic carbocycles. The molecule has 2 aromatic carbocycles. The minimum Gasteiger partial charge on any atom is -0.452 e. The van der Waals surface area contributed by atoms with E-state index in [0.29, 0.717) is 17.3 Å². The van der Waals surface area contributed by atoms with Gasteiger partial charge in [-0.25, -0.2) is 4.79 Å². The molecule has 1 fully saturated rings. The second-order valence-electron chi connectivity index (χ2n) is 8.22. The number of esters is 1. The first-order chi connectivity index (χ1) is 15.3. The smallest absolute Gasteiger partial charge is 0.338 e. The molecule has 1 saturated heterocycles. The number of piperidine rings is 1. The summed E-state index contributed by atoms with van der Waals surface area (Å²) in [4.78, 5) is 37.9. The van der Waals surface area contributed by atoms with E-state index in [1.54, 1.807) is 6.07 Å². The number of aryl methyl sites for hydroxylation is 2. The van der Waals surface area contributed by atoms with Crippen LogP contribution in [-0.4, -0.2) is 36.5 Å². The monoisotopic (exact) mass is 439 g/mol. The van der Waals surface area contributed by atoms with Gasteiger partial charge < -0.3 is 15.0 Å². The number of nitro benzene ring substituents is 1. The second-order valence-corrected chi connectivity index (χ2v) is 8.22. The molecule has 0 atom stereocenters. The molecule has 32 heavy (non-hydrogen) atoms. The van der Waals surface area contributed by atoms with E-state index in [9.17, 15) is 19.7 Å². The van der Waals surface area contributed by atoms with Crippen LogP contribution in [-0.2, 0) is 16.0 Å². The Morgan fingerprint density at radius 3 is 2.59 bits per heavy atom. The maximum Gasteiger partial charge on any atom is 0.338 e. The van der Waals surface area contributed by atoms with E-state index >= 15 is 0 Å². The number of carbonyl (C=O) groups excluding carboxylic acids is 2. The van der Waals surface area contributed by atoms with Gasteiger partial charge in [0, 0.05) is 24.8 Å². The molecule has 1 amide bonds.